The lowest BCUT2D eigenvalue weighted by molar-refractivity contribution is -0.126. The Morgan fingerprint density at radius 2 is 1.87 bits per heavy atom. The molecule has 2 atom stereocenters. The minimum atomic E-state index is 0.0822. The van der Waals surface area contributed by atoms with E-state index in [4.69, 9.17) is 5.73 Å². The summed E-state index contributed by atoms with van der Waals surface area (Å²) in [4.78, 5) is 11.9. The fraction of sp³-hybridized carbons (Fsp3) is 0.917. The maximum atomic E-state index is 11.9. The number of carbonyl (C=O) groups is 1. The van der Waals surface area contributed by atoms with Crippen LogP contribution in [0.25, 0.3) is 0 Å². The lowest BCUT2D eigenvalue weighted by Gasteiger charge is -2.30. The zero-order valence-corrected chi connectivity index (χ0v) is 9.37. The third-order valence-corrected chi connectivity index (χ3v) is 3.95. The second-order valence-electron chi connectivity index (χ2n) is 5.10. The Labute approximate surface area is 91.8 Å². The summed E-state index contributed by atoms with van der Waals surface area (Å²) < 4.78 is 0. The van der Waals surface area contributed by atoms with E-state index in [1.54, 1.807) is 0 Å². The van der Waals surface area contributed by atoms with Crippen molar-refractivity contribution in [3.05, 3.63) is 0 Å². The van der Waals surface area contributed by atoms with Crippen molar-refractivity contribution in [2.24, 2.45) is 17.6 Å². The minimum Gasteiger partial charge on any atom is -0.356 e. The van der Waals surface area contributed by atoms with Gasteiger partial charge in [-0.1, -0.05) is 19.3 Å². The van der Waals surface area contributed by atoms with Crippen molar-refractivity contribution in [3.8, 4) is 0 Å². The summed E-state index contributed by atoms with van der Waals surface area (Å²) in [6.45, 7) is 0.877. The summed E-state index contributed by atoms with van der Waals surface area (Å²) in [6.07, 6.45) is 8.26. The molecule has 15 heavy (non-hydrogen) atoms. The molecule has 2 aliphatic carbocycles. The Hall–Kier alpha value is -0.570. The van der Waals surface area contributed by atoms with Crippen molar-refractivity contribution >= 4 is 5.91 Å². The number of hydrogen-bond donors (Lipinski definition) is 2. The molecule has 2 aliphatic rings. The molecule has 0 radical (unpaired) electrons. The molecule has 0 heterocycles. The summed E-state index contributed by atoms with van der Waals surface area (Å²) in [5.74, 6) is 1.03. The summed E-state index contributed by atoms with van der Waals surface area (Å²) in [6, 6.07) is 0.0974. The Balaban J connectivity index is 1.73. The molecule has 3 heteroatoms. The van der Waals surface area contributed by atoms with Crippen molar-refractivity contribution in [2.45, 2.75) is 51.0 Å². The van der Waals surface area contributed by atoms with Crippen LogP contribution in [0, 0.1) is 11.8 Å². The fourth-order valence-corrected chi connectivity index (χ4v) is 2.56. The number of hydrogen-bond acceptors (Lipinski definition) is 2. The zero-order valence-electron chi connectivity index (χ0n) is 9.37. The highest BCUT2D eigenvalue weighted by molar-refractivity contribution is 5.79. The maximum Gasteiger partial charge on any atom is 0.224 e. The van der Waals surface area contributed by atoms with Gasteiger partial charge < -0.3 is 11.1 Å². The van der Waals surface area contributed by atoms with Gasteiger partial charge in [-0.05, 0) is 31.6 Å². The molecule has 0 saturated heterocycles. The second kappa shape index (κ2) is 4.97. The van der Waals surface area contributed by atoms with E-state index in [0.29, 0.717) is 0 Å². The van der Waals surface area contributed by atoms with Gasteiger partial charge in [0.05, 0.1) is 5.92 Å². The summed E-state index contributed by atoms with van der Waals surface area (Å²) in [5, 5.41) is 3.07. The molecular formula is C12H22N2O. The standard InChI is InChI=1S/C12H22N2O/c13-11-7-2-1-6-10(11)12(15)14-8-9-4-3-5-9/h9-11H,1-8,13H2,(H,14,15). The SMILES string of the molecule is NC1CCCCC1C(=O)NCC1CCC1. The molecule has 1 amide bonds. The molecule has 2 fully saturated rings. The van der Waals surface area contributed by atoms with Gasteiger partial charge in [0, 0.05) is 12.6 Å². The topological polar surface area (TPSA) is 55.1 Å². The monoisotopic (exact) mass is 210 g/mol. The molecule has 2 saturated carbocycles. The van der Waals surface area contributed by atoms with E-state index in [1.807, 2.05) is 0 Å². The van der Waals surface area contributed by atoms with Crippen molar-refractivity contribution in [1.82, 2.24) is 5.32 Å². The molecule has 0 aromatic carbocycles. The van der Waals surface area contributed by atoms with Crippen LogP contribution in [0.5, 0.6) is 0 Å². The smallest absolute Gasteiger partial charge is 0.224 e. The molecule has 0 spiro atoms. The van der Waals surface area contributed by atoms with Crippen LogP contribution in [-0.2, 0) is 4.79 Å². The maximum absolute atomic E-state index is 11.9. The van der Waals surface area contributed by atoms with Crippen LogP contribution in [0.15, 0.2) is 0 Å². The first-order valence-corrected chi connectivity index (χ1v) is 6.30. The predicted octanol–water partition coefficient (Wildman–Crippen LogP) is 1.42. The minimum absolute atomic E-state index is 0.0822. The average molecular weight is 210 g/mol. The largest absolute Gasteiger partial charge is 0.356 e. The molecular weight excluding hydrogens is 188 g/mol. The normalized spacial score (nSPS) is 32.1. The van der Waals surface area contributed by atoms with Gasteiger partial charge in [-0.25, -0.2) is 0 Å². The number of carbonyl (C=O) groups excluding carboxylic acids is 1. The van der Waals surface area contributed by atoms with Crippen LogP contribution >= 0.6 is 0 Å². The summed E-state index contributed by atoms with van der Waals surface area (Å²) >= 11 is 0. The third kappa shape index (κ3) is 2.71. The van der Waals surface area contributed by atoms with Gasteiger partial charge in [0.1, 0.15) is 0 Å². The molecule has 0 bridgehead atoms. The average Bonchev–Trinajstić information content (AvgIpc) is 2.16. The van der Waals surface area contributed by atoms with E-state index in [9.17, 15) is 4.79 Å². The van der Waals surface area contributed by atoms with Crippen LogP contribution in [0.3, 0.4) is 0 Å². The van der Waals surface area contributed by atoms with Gasteiger partial charge in [-0.3, -0.25) is 4.79 Å². The molecule has 0 aromatic heterocycles. The van der Waals surface area contributed by atoms with Crippen LogP contribution in [0.2, 0.25) is 0 Å². The van der Waals surface area contributed by atoms with Gasteiger partial charge in [0.25, 0.3) is 0 Å². The predicted molar refractivity (Wildman–Crippen MR) is 60.3 cm³/mol. The Kier molecular flexibility index (Phi) is 3.62. The summed E-state index contributed by atoms with van der Waals surface area (Å²) in [7, 11) is 0. The van der Waals surface area contributed by atoms with Gasteiger partial charge in [-0.15, -0.1) is 0 Å². The first-order chi connectivity index (χ1) is 7.27. The van der Waals surface area contributed by atoms with Gasteiger partial charge in [0.2, 0.25) is 5.91 Å². The van der Waals surface area contributed by atoms with E-state index in [-0.39, 0.29) is 17.9 Å². The molecule has 3 nitrogen and oxygen atoms in total. The van der Waals surface area contributed by atoms with Crippen molar-refractivity contribution in [3.63, 3.8) is 0 Å². The molecule has 0 aliphatic heterocycles. The van der Waals surface area contributed by atoms with Crippen LogP contribution < -0.4 is 11.1 Å². The number of rotatable bonds is 3. The summed E-state index contributed by atoms with van der Waals surface area (Å²) in [5.41, 5.74) is 5.97. The zero-order chi connectivity index (χ0) is 10.7. The molecule has 2 rings (SSSR count). The van der Waals surface area contributed by atoms with Crippen LogP contribution in [-0.4, -0.2) is 18.5 Å². The quantitative estimate of drug-likeness (QED) is 0.740. The van der Waals surface area contributed by atoms with Gasteiger partial charge in [0.15, 0.2) is 0 Å². The molecule has 0 aromatic rings. The molecule has 2 unspecified atom stereocenters. The van der Waals surface area contributed by atoms with E-state index < -0.39 is 0 Å². The lowest BCUT2D eigenvalue weighted by atomic mass is 9.83. The molecule has 86 valence electrons. The lowest BCUT2D eigenvalue weighted by Crippen LogP contribution is -2.45. The van der Waals surface area contributed by atoms with Crippen molar-refractivity contribution < 1.29 is 4.79 Å². The first-order valence-electron chi connectivity index (χ1n) is 6.30. The van der Waals surface area contributed by atoms with E-state index in [0.717, 1.165) is 31.7 Å². The first kappa shape index (κ1) is 10.9. The van der Waals surface area contributed by atoms with Crippen LogP contribution in [0.1, 0.15) is 44.9 Å². The van der Waals surface area contributed by atoms with Crippen LogP contribution in [0.4, 0.5) is 0 Å². The van der Waals surface area contributed by atoms with Gasteiger partial charge in [-0.2, -0.15) is 0 Å². The van der Waals surface area contributed by atoms with E-state index in [2.05, 4.69) is 5.32 Å². The Morgan fingerprint density at radius 3 is 2.47 bits per heavy atom. The second-order valence-corrected chi connectivity index (χ2v) is 5.10. The number of nitrogens with one attached hydrogen (secondary N) is 1. The Morgan fingerprint density at radius 1 is 1.13 bits per heavy atom. The van der Waals surface area contributed by atoms with Crippen molar-refractivity contribution in [2.75, 3.05) is 6.54 Å². The Bertz CT molecular complexity index is 226. The highest BCUT2D eigenvalue weighted by Crippen LogP contribution is 2.26. The van der Waals surface area contributed by atoms with Gasteiger partial charge >= 0.3 is 0 Å². The third-order valence-electron chi connectivity index (χ3n) is 3.95. The highest BCUT2D eigenvalue weighted by atomic mass is 16.1. The van der Waals surface area contributed by atoms with E-state index in [1.165, 1.54) is 25.7 Å². The van der Waals surface area contributed by atoms with Crippen molar-refractivity contribution in [1.29, 1.82) is 0 Å². The number of amides is 1. The molecule has 3 N–H and O–H groups in total. The fourth-order valence-electron chi connectivity index (χ4n) is 2.56. The number of nitrogens with two attached hydrogens (primary N) is 1. The van der Waals surface area contributed by atoms with E-state index >= 15 is 0 Å². The highest BCUT2D eigenvalue weighted by Gasteiger charge is 2.28.